The Labute approximate surface area is 172 Å². The molecule has 1 aliphatic rings. The van der Waals surface area contributed by atoms with Crippen molar-refractivity contribution < 1.29 is 9.53 Å². The molecule has 0 aliphatic carbocycles. The quantitative estimate of drug-likeness (QED) is 0.692. The van der Waals surface area contributed by atoms with Gasteiger partial charge in [0.2, 0.25) is 5.91 Å². The molecule has 0 radical (unpaired) electrons. The summed E-state index contributed by atoms with van der Waals surface area (Å²) in [6, 6.07) is 16.4. The number of amides is 1. The number of aromatic nitrogens is 1. The number of aromatic amines is 1. The number of carbonyl (C=O) groups is 1. The maximum absolute atomic E-state index is 12.8. The Kier molecular flexibility index (Phi) is 5.86. The monoisotopic (exact) mass is 391 g/mol. The van der Waals surface area contributed by atoms with Crippen LogP contribution in [-0.2, 0) is 11.2 Å². The largest absolute Gasteiger partial charge is 0.497 e. The van der Waals surface area contributed by atoms with E-state index in [-0.39, 0.29) is 5.91 Å². The summed E-state index contributed by atoms with van der Waals surface area (Å²) in [5.41, 5.74) is 4.53. The molecule has 2 aromatic carbocycles. The van der Waals surface area contributed by atoms with Crippen LogP contribution in [0.5, 0.6) is 5.75 Å². The highest BCUT2D eigenvalue weighted by Crippen LogP contribution is 2.32. The summed E-state index contributed by atoms with van der Waals surface area (Å²) in [5.74, 6) is 1.10. The molecule has 5 nitrogen and oxygen atoms in total. The van der Waals surface area contributed by atoms with Crippen LogP contribution in [0.25, 0.3) is 22.2 Å². The average Bonchev–Trinajstić information content (AvgIpc) is 3.16. The van der Waals surface area contributed by atoms with Gasteiger partial charge in [-0.2, -0.15) is 0 Å². The number of piperazine rings is 1. The van der Waals surface area contributed by atoms with E-state index in [1.54, 1.807) is 7.11 Å². The summed E-state index contributed by atoms with van der Waals surface area (Å²) in [5, 5.41) is 1.20. The second-order valence-corrected chi connectivity index (χ2v) is 7.57. The lowest BCUT2D eigenvalue weighted by molar-refractivity contribution is -0.132. The number of H-pyrrole nitrogens is 1. The highest BCUT2D eigenvalue weighted by molar-refractivity contribution is 5.91. The highest BCUT2D eigenvalue weighted by Gasteiger charge is 2.21. The Balaban J connectivity index is 1.55. The van der Waals surface area contributed by atoms with E-state index in [2.05, 4.69) is 47.1 Å². The lowest BCUT2D eigenvalue weighted by Gasteiger charge is -2.34. The van der Waals surface area contributed by atoms with E-state index < -0.39 is 0 Å². The van der Waals surface area contributed by atoms with Gasteiger partial charge in [0.05, 0.1) is 7.11 Å². The number of benzene rings is 2. The Hall–Kier alpha value is -2.79. The number of ether oxygens (including phenoxy) is 1. The van der Waals surface area contributed by atoms with Crippen LogP contribution in [0.2, 0.25) is 0 Å². The minimum absolute atomic E-state index is 0.256. The molecule has 1 N–H and O–H groups in total. The van der Waals surface area contributed by atoms with E-state index in [0.29, 0.717) is 6.42 Å². The number of rotatable bonds is 6. The second kappa shape index (κ2) is 8.70. The molecule has 1 aliphatic heterocycles. The molecule has 2 heterocycles. The van der Waals surface area contributed by atoms with E-state index in [0.717, 1.165) is 61.7 Å². The molecule has 29 heavy (non-hydrogen) atoms. The molecule has 1 amide bonds. The standard InChI is InChI=1S/C24H29N3O2/c1-3-26-14-16-27(17-15-26)23(28)13-12-21-20-6-4-5-7-22(20)25-24(21)18-8-10-19(29-2)11-9-18/h4-11,25H,3,12-17H2,1-2H3. The van der Waals surface area contributed by atoms with Gasteiger partial charge in [-0.15, -0.1) is 0 Å². The van der Waals surface area contributed by atoms with Crippen LogP contribution in [0.4, 0.5) is 0 Å². The Morgan fingerprint density at radius 2 is 1.76 bits per heavy atom. The summed E-state index contributed by atoms with van der Waals surface area (Å²) in [6.45, 7) is 6.87. The normalized spacial score (nSPS) is 15.0. The minimum Gasteiger partial charge on any atom is -0.497 e. The molecule has 0 unspecified atom stereocenters. The molecule has 0 saturated carbocycles. The van der Waals surface area contributed by atoms with Crippen molar-refractivity contribution in [1.29, 1.82) is 0 Å². The SMILES string of the molecule is CCN1CCN(C(=O)CCc2c(-c3ccc(OC)cc3)[nH]c3ccccc23)CC1. The predicted octanol–water partition coefficient (Wildman–Crippen LogP) is 3.94. The van der Waals surface area contributed by atoms with Crippen LogP contribution in [0, 0.1) is 0 Å². The van der Waals surface area contributed by atoms with E-state index in [1.165, 1.54) is 10.9 Å². The summed E-state index contributed by atoms with van der Waals surface area (Å²) in [6.07, 6.45) is 1.27. The number of nitrogens with zero attached hydrogens (tertiary/aromatic N) is 2. The van der Waals surface area contributed by atoms with E-state index in [1.807, 2.05) is 23.1 Å². The van der Waals surface area contributed by atoms with Crippen LogP contribution in [-0.4, -0.2) is 60.5 Å². The summed E-state index contributed by atoms with van der Waals surface area (Å²) in [7, 11) is 1.68. The topological polar surface area (TPSA) is 48.6 Å². The van der Waals surface area contributed by atoms with Crippen molar-refractivity contribution in [2.75, 3.05) is 39.8 Å². The minimum atomic E-state index is 0.256. The first-order valence-electron chi connectivity index (χ1n) is 10.4. The van der Waals surface area contributed by atoms with Gasteiger partial charge in [-0.05, 0) is 54.4 Å². The number of hydrogen-bond acceptors (Lipinski definition) is 3. The molecule has 0 spiro atoms. The van der Waals surface area contributed by atoms with Gasteiger partial charge in [-0.25, -0.2) is 0 Å². The number of fused-ring (bicyclic) bond motifs is 1. The van der Waals surface area contributed by atoms with Crippen LogP contribution in [0.1, 0.15) is 18.9 Å². The maximum Gasteiger partial charge on any atom is 0.222 e. The number of hydrogen-bond donors (Lipinski definition) is 1. The van der Waals surface area contributed by atoms with Crippen molar-refractivity contribution in [2.45, 2.75) is 19.8 Å². The fraction of sp³-hybridized carbons (Fsp3) is 0.375. The van der Waals surface area contributed by atoms with E-state index >= 15 is 0 Å². The molecule has 152 valence electrons. The Bertz CT molecular complexity index is 969. The zero-order valence-electron chi connectivity index (χ0n) is 17.3. The van der Waals surface area contributed by atoms with Gasteiger partial charge in [-0.3, -0.25) is 4.79 Å². The maximum atomic E-state index is 12.8. The van der Waals surface area contributed by atoms with Crippen molar-refractivity contribution in [3.8, 4) is 17.0 Å². The first kappa shape index (κ1) is 19.5. The third-order valence-corrected chi connectivity index (χ3v) is 5.95. The number of carbonyl (C=O) groups excluding carboxylic acids is 1. The van der Waals surface area contributed by atoms with Crippen molar-refractivity contribution >= 4 is 16.8 Å². The van der Waals surface area contributed by atoms with Crippen LogP contribution in [0.15, 0.2) is 48.5 Å². The second-order valence-electron chi connectivity index (χ2n) is 7.57. The van der Waals surface area contributed by atoms with Crippen molar-refractivity contribution in [1.82, 2.24) is 14.8 Å². The Morgan fingerprint density at radius 1 is 1.03 bits per heavy atom. The zero-order valence-corrected chi connectivity index (χ0v) is 17.3. The summed E-state index contributed by atoms with van der Waals surface area (Å²) >= 11 is 0. The molecule has 0 bridgehead atoms. The van der Waals surface area contributed by atoms with Crippen LogP contribution in [0.3, 0.4) is 0 Å². The summed E-state index contributed by atoms with van der Waals surface area (Å²) in [4.78, 5) is 20.8. The zero-order chi connectivity index (χ0) is 20.2. The molecular formula is C24H29N3O2. The van der Waals surface area contributed by atoms with Gasteiger partial charge < -0.3 is 19.5 Å². The first-order valence-corrected chi connectivity index (χ1v) is 10.4. The molecular weight excluding hydrogens is 362 g/mol. The number of nitrogens with one attached hydrogen (secondary N) is 1. The molecule has 1 fully saturated rings. The fourth-order valence-corrected chi connectivity index (χ4v) is 4.17. The number of likely N-dealkylation sites (N-methyl/N-ethyl adjacent to an activating group) is 1. The molecule has 4 rings (SSSR count). The van der Waals surface area contributed by atoms with Crippen LogP contribution < -0.4 is 4.74 Å². The molecule has 1 aromatic heterocycles. The van der Waals surface area contributed by atoms with Gasteiger partial charge in [-0.1, -0.05) is 25.1 Å². The third-order valence-electron chi connectivity index (χ3n) is 5.95. The lowest BCUT2D eigenvalue weighted by Crippen LogP contribution is -2.48. The summed E-state index contributed by atoms with van der Waals surface area (Å²) < 4.78 is 5.29. The highest BCUT2D eigenvalue weighted by atomic mass is 16.5. The predicted molar refractivity (Wildman–Crippen MR) is 117 cm³/mol. The van der Waals surface area contributed by atoms with E-state index in [4.69, 9.17) is 4.74 Å². The smallest absolute Gasteiger partial charge is 0.222 e. The van der Waals surface area contributed by atoms with Crippen molar-refractivity contribution in [2.24, 2.45) is 0 Å². The van der Waals surface area contributed by atoms with Gasteiger partial charge in [0, 0.05) is 49.2 Å². The van der Waals surface area contributed by atoms with Crippen molar-refractivity contribution in [3.63, 3.8) is 0 Å². The lowest BCUT2D eigenvalue weighted by atomic mass is 10.0. The Morgan fingerprint density at radius 3 is 2.45 bits per heavy atom. The molecule has 1 saturated heterocycles. The van der Waals surface area contributed by atoms with E-state index in [9.17, 15) is 4.79 Å². The van der Waals surface area contributed by atoms with Crippen molar-refractivity contribution in [3.05, 3.63) is 54.1 Å². The number of methoxy groups -OCH3 is 1. The average molecular weight is 392 g/mol. The third kappa shape index (κ3) is 4.15. The fourth-order valence-electron chi connectivity index (χ4n) is 4.17. The molecule has 0 atom stereocenters. The van der Waals surface area contributed by atoms with Gasteiger partial charge in [0.25, 0.3) is 0 Å². The van der Waals surface area contributed by atoms with Gasteiger partial charge >= 0.3 is 0 Å². The number of aryl methyl sites for hydroxylation is 1. The van der Waals surface area contributed by atoms with Crippen LogP contribution >= 0.6 is 0 Å². The molecule has 5 heteroatoms. The van der Waals surface area contributed by atoms with Gasteiger partial charge in [0.15, 0.2) is 0 Å². The first-order chi connectivity index (χ1) is 14.2. The molecule has 3 aromatic rings. The number of para-hydroxylation sites is 1. The van der Waals surface area contributed by atoms with Gasteiger partial charge in [0.1, 0.15) is 5.75 Å².